The molecule has 0 fully saturated rings. The molecule has 2 heterocycles. The van der Waals surface area contributed by atoms with Gasteiger partial charge in [0, 0.05) is 5.56 Å². The monoisotopic (exact) mass is 490 g/mol. The maximum Gasteiger partial charge on any atom is 0.283 e. The second-order valence-corrected chi connectivity index (χ2v) is 8.58. The zero-order valence-corrected chi connectivity index (χ0v) is 19.1. The van der Waals surface area contributed by atoms with Crippen LogP contribution in [0.25, 0.3) is 17.5 Å². The van der Waals surface area contributed by atoms with Gasteiger partial charge in [-0.15, -0.1) is 0 Å². The van der Waals surface area contributed by atoms with Gasteiger partial charge in [-0.3, -0.25) is 9.69 Å². The van der Waals surface area contributed by atoms with Gasteiger partial charge in [0.05, 0.1) is 16.5 Å². The summed E-state index contributed by atoms with van der Waals surface area (Å²) in [5.41, 5.74) is 2.30. The van der Waals surface area contributed by atoms with Crippen molar-refractivity contribution in [3.8, 4) is 11.4 Å². The van der Waals surface area contributed by atoms with E-state index in [4.69, 9.17) is 16.1 Å². The van der Waals surface area contributed by atoms with Crippen molar-refractivity contribution in [2.45, 2.75) is 5.75 Å². The van der Waals surface area contributed by atoms with Gasteiger partial charge >= 0.3 is 0 Å². The highest BCUT2D eigenvalue weighted by molar-refractivity contribution is 8.13. The number of amidine groups is 1. The fourth-order valence-electron chi connectivity index (χ4n) is 3.31. The average molecular weight is 491 g/mol. The minimum absolute atomic E-state index is 0.278. The number of benzene rings is 3. The van der Waals surface area contributed by atoms with E-state index in [2.05, 4.69) is 15.1 Å². The number of rotatable bonds is 5. The lowest BCUT2D eigenvalue weighted by molar-refractivity contribution is -0.113. The molecule has 0 unspecified atom stereocenters. The van der Waals surface area contributed by atoms with Crippen molar-refractivity contribution in [3.05, 3.63) is 107 Å². The molecule has 0 bridgehead atoms. The minimum atomic E-state index is -0.389. The molecule has 0 radical (unpaired) electrons. The standard InChI is InChI=1S/C25H16ClFN4O2S/c26-20-9-5-4-8-19(20)23-29-22(33-30-23)15-34-25-28-21(14-16-6-2-1-3-7-16)24(32)31(25)18-12-10-17(27)11-13-18/h1-14H,15H2/b21-14+. The second kappa shape index (κ2) is 9.62. The summed E-state index contributed by atoms with van der Waals surface area (Å²) in [5.74, 6) is 0.319. The molecule has 0 saturated heterocycles. The van der Waals surface area contributed by atoms with Gasteiger partial charge in [0.25, 0.3) is 5.91 Å². The molecule has 1 amide bonds. The molecule has 5 rings (SSSR count). The van der Waals surface area contributed by atoms with Crippen molar-refractivity contribution in [1.82, 2.24) is 10.1 Å². The van der Waals surface area contributed by atoms with Crippen molar-refractivity contribution in [2.75, 3.05) is 4.90 Å². The number of carbonyl (C=O) groups is 1. The summed E-state index contributed by atoms with van der Waals surface area (Å²) < 4.78 is 18.9. The molecule has 1 aromatic heterocycles. The van der Waals surface area contributed by atoms with Gasteiger partial charge < -0.3 is 4.52 Å². The van der Waals surface area contributed by atoms with Crippen LogP contribution >= 0.6 is 23.4 Å². The number of nitrogens with zero attached hydrogens (tertiary/aromatic N) is 4. The van der Waals surface area contributed by atoms with Crippen molar-refractivity contribution in [2.24, 2.45) is 4.99 Å². The Bertz CT molecular complexity index is 1400. The molecule has 6 nitrogen and oxygen atoms in total. The third-order valence-corrected chi connectivity index (χ3v) is 6.18. The molecule has 0 atom stereocenters. The first kappa shape index (κ1) is 22.1. The van der Waals surface area contributed by atoms with Crippen LogP contribution in [-0.4, -0.2) is 21.2 Å². The number of aliphatic imine (C=N–C) groups is 1. The largest absolute Gasteiger partial charge is 0.338 e. The van der Waals surface area contributed by atoms with Gasteiger partial charge in [0.15, 0.2) is 5.17 Å². The molecule has 168 valence electrons. The Morgan fingerprint density at radius 3 is 2.50 bits per heavy atom. The summed E-state index contributed by atoms with van der Waals surface area (Å²) in [6, 6.07) is 22.3. The van der Waals surface area contributed by atoms with E-state index < -0.39 is 0 Å². The molecule has 4 aromatic rings. The van der Waals surface area contributed by atoms with E-state index in [0.717, 1.165) is 5.56 Å². The molecular formula is C25H16ClFN4O2S. The summed E-state index contributed by atoms with van der Waals surface area (Å²) >= 11 is 7.49. The minimum Gasteiger partial charge on any atom is -0.338 e. The molecule has 0 saturated carbocycles. The zero-order valence-electron chi connectivity index (χ0n) is 17.6. The van der Waals surface area contributed by atoms with E-state index in [0.29, 0.717) is 33.2 Å². The van der Waals surface area contributed by atoms with Crippen molar-refractivity contribution in [1.29, 1.82) is 0 Å². The van der Waals surface area contributed by atoms with Gasteiger partial charge in [-0.05, 0) is 48.0 Å². The van der Waals surface area contributed by atoms with Gasteiger partial charge in [-0.2, -0.15) is 4.98 Å². The smallest absolute Gasteiger partial charge is 0.283 e. The van der Waals surface area contributed by atoms with Crippen LogP contribution in [0.3, 0.4) is 0 Å². The Kier molecular flexibility index (Phi) is 6.24. The average Bonchev–Trinajstić information content (AvgIpc) is 3.44. The summed E-state index contributed by atoms with van der Waals surface area (Å²) in [6.07, 6.45) is 1.72. The number of amides is 1. The van der Waals surface area contributed by atoms with Crippen LogP contribution < -0.4 is 4.90 Å². The molecular weight excluding hydrogens is 475 g/mol. The highest BCUT2D eigenvalue weighted by Gasteiger charge is 2.32. The first-order chi connectivity index (χ1) is 16.6. The number of aromatic nitrogens is 2. The van der Waals surface area contributed by atoms with Gasteiger partial charge in [-0.1, -0.05) is 71.0 Å². The SMILES string of the molecule is O=C1/C(=C\c2ccccc2)N=C(SCc2nc(-c3ccccc3Cl)no2)N1c1ccc(F)cc1. The summed E-state index contributed by atoms with van der Waals surface area (Å²) in [7, 11) is 0. The lowest BCUT2D eigenvalue weighted by atomic mass is 10.2. The summed E-state index contributed by atoms with van der Waals surface area (Å²) in [4.78, 5) is 23.6. The Balaban J connectivity index is 1.42. The van der Waals surface area contributed by atoms with Crippen molar-refractivity contribution >= 4 is 46.2 Å². The first-order valence-electron chi connectivity index (χ1n) is 10.2. The maximum atomic E-state index is 13.5. The van der Waals surface area contributed by atoms with Crippen LogP contribution in [0.2, 0.25) is 5.02 Å². The highest BCUT2D eigenvalue weighted by atomic mass is 35.5. The summed E-state index contributed by atoms with van der Waals surface area (Å²) in [5, 5.41) is 4.95. The topological polar surface area (TPSA) is 71.6 Å². The normalized spacial score (nSPS) is 14.6. The number of hydrogen-bond acceptors (Lipinski definition) is 6. The lowest BCUT2D eigenvalue weighted by Crippen LogP contribution is -2.30. The summed E-state index contributed by atoms with van der Waals surface area (Å²) in [6.45, 7) is 0. The van der Waals surface area contributed by atoms with Crippen LogP contribution in [0.1, 0.15) is 11.5 Å². The Labute approximate surface area is 203 Å². The Morgan fingerprint density at radius 2 is 1.74 bits per heavy atom. The molecule has 0 spiro atoms. The molecule has 0 N–H and O–H groups in total. The Hall–Kier alpha value is -3.75. The lowest BCUT2D eigenvalue weighted by Gasteiger charge is -2.17. The predicted octanol–water partition coefficient (Wildman–Crippen LogP) is 6.21. The van der Waals surface area contributed by atoms with Crippen LogP contribution in [0, 0.1) is 5.82 Å². The van der Waals surface area contributed by atoms with E-state index in [1.54, 1.807) is 18.2 Å². The number of hydrogen-bond donors (Lipinski definition) is 0. The number of carbonyl (C=O) groups excluding carboxylic acids is 1. The highest BCUT2D eigenvalue weighted by Crippen LogP contribution is 2.31. The van der Waals surface area contributed by atoms with Crippen molar-refractivity contribution < 1.29 is 13.7 Å². The quantitative estimate of drug-likeness (QED) is 0.311. The second-order valence-electron chi connectivity index (χ2n) is 7.23. The number of thioether (sulfide) groups is 1. The van der Waals surface area contributed by atoms with E-state index >= 15 is 0 Å². The Morgan fingerprint density at radius 1 is 1.00 bits per heavy atom. The van der Waals surface area contributed by atoms with Gasteiger partial charge in [0.2, 0.25) is 11.7 Å². The molecule has 9 heteroatoms. The van der Waals surface area contributed by atoms with Gasteiger partial charge in [-0.25, -0.2) is 9.38 Å². The van der Waals surface area contributed by atoms with Gasteiger partial charge in [0.1, 0.15) is 11.5 Å². The van der Waals surface area contributed by atoms with Crippen LogP contribution in [-0.2, 0) is 10.5 Å². The molecule has 1 aliphatic rings. The number of halogens is 2. The van der Waals surface area contributed by atoms with Crippen LogP contribution in [0.15, 0.2) is 94.1 Å². The van der Waals surface area contributed by atoms with E-state index in [9.17, 15) is 9.18 Å². The first-order valence-corrected chi connectivity index (χ1v) is 11.6. The third kappa shape index (κ3) is 4.64. The van der Waals surface area contributed by atoms with Crippen molar-refractivity contribution in [3.63, 3.8) is 0 Å². The molecule has 34 heavy (non-hydrogen) atoms. The molecule has 3 aromatic carbocycles. The molecule has 1 aliphatic heterocycles. The van der Waals surface area contributed by atoms with E-state index in [-0.39, 0.29) is 23.2 Å². The fraction of sp³-hybridized carbons (Fsp3) is 0.0400. The van der Waals surface area contributed by atoms with Crippen LogP contribution in [0.5, 0.6) is 0 Å². The molecule has 0 aliphatic carbocycles. The predicted molar refractivity (Wildman–Crippen MR) is 132 cm³/mol. The van der Waals surface area contributed by atoms with E-state index in [1.165, 1.54) is 40.9 Å². The fourth-order valence-corrected chi connectivity index (χ4v) is 4.38. The zero-order chi connectivity index (χ0) is 23.5. The number of anilines is 1. The van der Waals surface area contributed by atoms with E-state index in [1.807, 2.05) is 42.5 Å². The third-order valence-electron chi connectivity index (χ3n) is 4.92. The maximum absolute atomic E-state index is 13.5. The van der Waals surface area contributed by atoms with Crippen LogP contribution in [0.4, 0.5) is 10.1 Å².